The highest BCUT2D eigenvalue weighted by molar-refractivity contribution is 6.30. The summed E-state index contributed by atoms with van der Waals surface area (Å²) in [5, 5.41) is 9.55. The van der Waals surface area contributed by atoms with Gasteiger partial charge in [-0.3, -0.25) is 0 Å². The highest BCUT2D eigenvalue weighted by Gasteiger charge is 2.25. The molecule has 0 fully saturated rings. The number of aromatic hydroxyl groups is 1. The van der Waals surface area contributed by atoms with Gasteiger partial charge in [-0.2, -0.15) is 0 Å². The topological polar surface area (TPSA) is 46.2 Å². The lowest BCUT2D eigenvalue weighted by Gasteiger charge is -2.28. The van der Waals surface area contributed by atoms with Crippen molar-refractivity contribution in [3.05, 3.63) is 28.5 Å². The molecule has 0 aliphatic carbocycles. The Morgan fingerprint density at radius 2 is 1.93 bits per heavy atom. The average molecular weight is 232 g/mol. The van der Waals surface area contributed by atoms with E-state index < -0.39 is 11.9 Å². The van der Waals surface area contributed by atoms with Gasteiger partial charge in [0.25, 0.3) is 0 Å². The van der Waals surface area contributed by atoms with Gasteiger partial charge in [0.2, 0.25) is 0 Å². The Labute approximate surface area is 93.9 Å². The fraction of sp³-hybridized carbons (Fsp3) is 0.455. The van der Waals surface area contributed by atoms with Crippen molar-refractivity contribution in [2.24, 2.45) is 11.1 Å². The molecule has 0 saturated heterocycles. The van der Waals surface area contributed by atoms with Crippen LogP contribution in [0.25, 0.3) is 0 Å². The zero-order chi connectivity index (χ0) is 11.8. The summed E-state index contributed by atoms with van der Waals surface area (Å²) < 4.78 is 13.0. The van der Waals surface area contributed by atoms with E-state index in [9.17, 15) is 9.50 Å². The second-order valence-electron chi connectivity index (χ2n) is 4.67. The lowest BCUT2D eigenvalue weighted by Crippen LogP contribution is -2.26. The summed E-state index contributed by atoms with van der Waals surface area (Å²) >= 11 is 5.64. The van der Waals surface area contributed by atoms with Crippen LogP contribution >= 0.6 is 11.6 Å². The molecule has 1 aromatic rings. The quantitative estimate of drug-likeness (QED) is 0.780. The molecule has 4 heteroatoms. The van der Waals surface area contributed by atoms with E-state index in [2.05, 4.69) is 0 Å². The van der Waals surface area contributed by atoms with Crippen molar-refractivity contribution in [3.63, 3.8) is 0 Å². The third-order valence-corrected chi connectivity index (χ3v) is 2.63. The molecule has 0 radical (unpaired) electrons. The number of hydrogen-bond donors (Lipinski definition) is 2. The molecule has 0 heterocycles. The molecule has 1 atom stereocenters. The smallest absolute Gasteiger partial charge is 0.145 e. The van der Waals surface area contributed by atoms with Crippen molar-refractivity contribution < 1.29 is 9.50 Å². The fourth-order valence-corrected chi connectivity index (χ4v) is 1.44. The molecule has 1 aromatic carbocycles. The number of rotatable bonds is 1. The zero-order valence-corrected chi connectivity index (χ0v) is 9.77. The standard InChI is InChI=1S/C11H15ClFNO/c1-11(2,3)10(14)6-4-7(12)8(13)5-9(6)15/h4-5,10,15H,14H2,1-3H3. The number of benzene rings is 1. The molecule has 0 aliphatic heterocycles. The van der Waals surface area contributed by atoms with Gasteiger partial charge < -0.3 is 10.8 Å². The summed E-state index contributed by atoms with van der Waals surface area (Å²) in [5.74, 6) is -0.793. The lowest BCUT2D eigenvalue weighted by atomic mass is 9.83. The van der Waals surface area contributed by atoms with Crippen LogP contribution in [0.3, 0.4) is 0 Å². The van der Waals surface area contributed by atoms with Gasteiger partial charge in [0.1, 0.15) is 11.6 Å². The monoisotopic (exact) mass is 231 g/mol. The van der Waals surface area contributed by atoms with Crippen molar-refractivity contribution in [2.45, 2.75) is 26.8 Å². The summed E-state index contributed by atoms with van der Waals surface area (Å²) in [4.78, 5) is 0. The zero-order valence-electron chi connectivity index (χ0n) is 9.01. The van der Waals surface area contributed by atoms with E-state index in [4.69, 9.17) is 17.3 Å². The minimum Gasteiger partial charge on any atom is -0.508 e. The maximum atomic E-state index is 13.0. The minimum absolute atomic E-state index is 0.0255. The Balaban J connectivity index is 3.21. The Bertz CT molecular complexity index is 374. The average Bonchev–Trinajstić information content (AvgIpc) is 2.08. The predicted octanol–water partition coefficient (Wildman–Crippen LogP) is 3.23. The number of phenols is 1. The van der Waals surface area contributed by atoms with E-state index in [1.165, 1.54) is 6.07 Å². The molecule has 0 spiro atoms. The molecule has 1 rings (SSSR count). The van der Waals surface area contributed by atoms with Gasteiger partial charge in [-0.05, 0) is 11.5 Å². The first-order valence-electron chi connectivity index (χ1n) is 4.67. The summed E-state index contributed by atoms with van der Waals surface area (Å²) in [7, 11) is 0. The fourth-order valence-electron chi connectivity index (χ4n) is 1.27. The van der Waals surface area contributed by atoms with E-state index >= 15 is 0 Å². The molecule has 2 nitrogen and oxygen atoms in total. The first-order chi connectivity index (χ1) is 6.73. The maximum Gasteiger partial charge on any atom is 0.145 e. The Kier molecular flexibility index (Phi) is 3.26. The van der Waals surface area contributed by atoms with Crippen LogP contribution in [0.4, 0.5) is 4.39 Å². The Morgan fingerprint density at radius 1 is 1.40 bits per heavy atom. The van der Waals surface area contributed by atoms with Crippen LogP contribution in [0.2, 0.25) is 5.02 Å². The molecule has 0 saturated carbocycles. The molecule has 0 aliphatic rings. The maximum absolute atomic E-state index is 13.0. The highest BCUT2D eigenvalue weighted by atomic mass is 35.5. The van der Waals surface area contributed by atoms with Crippen molar-refractivity contribution >= 4 is 11.6 Å². The highest BCUT2D eigenvalue weighted by Crippen LogP contribution is 2.37. The van der Waals surface area contributed by atoms with Gasteiger partial charge in [0.15, 0.2) is 0 Å². The van der Waals surface area contributed by atoms with E-state index in [0.717, 1.165) is 6.07 Å². The first-order valence-corrected chi connectivity index (χ1v) is 5.04. The van der Waals surface area contributed by atoms with Crippen LogP contribution in [0.5, 0.6) is 5.75 Å². The summed E-state index contributed by atoms with van der Waals surface area (Å²) in [6, 6.07) is 1.97. The number of nitrogens with two attached hydrogens (primary N) is 1. The Morgan fingerprint density at radius 3 is 2.40 bits per heavy atom. The van der Waals surface area contributed by atoms with E-state index in [0.29, 0.717) is 5.56 Å². The second kappa shape index (κ2) is 3.99. The molecule has 0 bridgehead atoms. The van der Waals surface area contributed by atoms with Crippen molar-refractivity contribution in [3.8, 4) is 5.75 Å². The van der Waals surface area contributed by atoms with Crippen LogP contribution in [0.15, 0.2) is 12.1 Å². The summed E-state index contributed by atoms with van der Waals surface area (Å²) in [6.07, 6.45) is 0. The van der Waals surface area contributed by atoms with Crippen LogP contribution in [0, 0.1) is 11.2 Å². The minimum atomic E-state index is -0.640. The van der Waals surface area contributed by atoms with Crippen LogP contribution in [0.1, 0.15) is 32.4 Å². The van der Waals surface area contributed by atoms with Crippen LogP contribution < -0.4 is 5.73 Å². The van der Waals surface area contributed by atoms with Gasteiger partial charge in [0.05, 0.1) is 5.02 Å². The van der Waals surface area contributed by atoms with Gasteiger partial charge in [-0.25, -0.2) is 4.39 Å². The van der Waals surface area contributed by atoms with Gasteiger partial charge >= 0.3 is 0 Å². The summed E-state index contributed by atoms with van der Waals surface area (Å²) in [5.41, 5.74) is 6.19. The van der Waals surface area contributed by atoms with Gasteiger partial charge in [0, 0.05) is 17.7 Å². The molecule has 0 aromatic heterocycles. The molecule has 84 valence electrons. The molecular weight excluding hydrogens is 217 g/mol. The largest absolute Gasteiger partial charge is 0.508 e. The SMILES string of the molecule is CC(C)(C)C(N)c1cc(Cl)c(F)cc1O. The second-order valence-corrected chi connectivity index (χ2v) is 5.08. The van der Waals surface area contributed by atoms with Crippen molar-refractivity contribution in [1.82, 2.24) is 0 Å². The number of phenolic OH excluding ortho intramolecular Hbond substituents is 1. The van der Waals surface area contributed by atoms with E-state index in [-0.39, 0.29) is 16.2 Å². The molecular formula is C11H15ClFNO. The lowest BCUT2D eigenvalue weighted by molar-refractivity contribution is 0.317. The summed E-state index contributed by atoms with van der Waals surface area (Å²) in [6.45, 7) is 5.82. The normalized spacial score (nSPS) is 14.0. The van der Waals surface area contributed by atoms with Crippen molar-refractivity contribution in [2.75, 3.05) is 0 Å². The van der Waals surface area contributed by atoms with Crippen LogP contribution in [-0.2, 0) is 0 Å². The molecule has 3 N–H and O–H groups in total. The predicted molar refractivity (Wildman–Crippen MR) is 59.5 cm³/mol. The molecule has 1 unspecified atom stereocenters. The van der Waals surface area contributed by atoms with E-state index in [1.807, 2.05) is 20.8 Å². The van der Waals surface area contributed by atoms with Gasteiger partial charge in [-0.15, -0.1) is 0 Å². The molecule has 0 amide bonds. The first kappa shape index (κ1) is 12.3. The third-order valence-electron chi connectivity index (χ3n) is 2.34. The Hall–Kier alpha value is -0.800. The van der Waals surface area contributed by atoms with Crippen molar-refractivity contribution in [1.29, 1.82) is 0 Å². The van der Waals surface area contributed by atoms with E-state index in [1.54, 1.807) is 0 Å². The number of halogens is 2. The number of hydrogen-bond acceptors (Lipinski definition) is 2. The molecule has 15 heavy (non-hydrogen) atoms. The van der Waals surface area contributed by atoms with Crippen LogP contribution in [-0.4, -0.2) is 5.11 Å². The van der Waals surface area contributed by atoms with Gasteiger partial charge in [-0.1, -0.05) is 32.4 Å². The third kappa shape index (κ3) is 2.61.